The fourth-order valence-corrected chi connectivity index (χ4v) is 2.64. The summed E-state index contributed by atoms with van der Waals surface area (Å²) in [6.07, 6.45) is 5.72. The lowest BCUT2D eigenvalue weighted by molar-refractivity contribution is 0.151. The van der Waals surface area contributed by atoms with Crippen LogP contribution in [0.25, 0.3) is 0 Å². The molecule has 1 fully saturated rings. The minimum Gasteiger partial charge on any atom is -0.315 e. The Hall–Kier alpha value is -0.0800. The predicted molar refractivity (Wildman–Crippen MR) is 62.6 cm³/mol. The molecule has 2 heteroatoms. The van der Waals surface area contributed by atoms with E-state index in [1.54, 1.807) is 0 Å². The molecule has 1 rings (SSSR count). The van der Waals surface area contributed by atoms with Crippen molar-refractivity contribution in [3.63, 3.8) is 0 Å². The third-order valence-electron chi connectivity index (χ3n) is 3.41. The van der Waals surface area contributed by atoms with Gasteiger partial charge in [-0.15, -0.1) is 0 Å². The van der Waals surface area contributed by atoms with E-state index in [4.69, 9.17) is 0 Å². The van der Waals surface area contributed by atoms with Crippen molar-refractivity contribution in [3.8, 4) is 0 Å². The lowest BCUT2D eigenvalue weighted by atomic mass is 10.1. The Morgan fingerprint density at radius 1 is 1.29 bits per heavy atom. The molecule has 1 aliphatic carbocycles. The number of nitrogens with zero attached hydrogens (tertiary/aromatic N) is 1. The maximum Gasteiger partial charge on any atom is 0.0195 e. The highest BCUT2D eigenvalue weighted by Gasteiger charge is 2.24. The number of nitrogens with one attached hydrogen (secondary N) is 1. The smallest absolute Gasteiger partial charge is 0.0195 e. The number of rotatable bonds is 6. The van der Waals surface area contributed by atoms with Gasteiger partial charge in [-0.2, -0.15) is 0 Å². The molecule has 0 aliphatic heterocycles. The molecule has 0 spiro atoms. The number of hydrogen-bond donors (Lipinski definition) is 1. The molecular formula is C12H26N2. The second-order valence-electron chi connectivity index (χ2n) is 4.43. The molecule has 0 aromatic carbocycles. The standard InChI is InChI=1S/C12H26N2/c1-4-13-10-11(3)14(5-2)12-8-6-7-9-12/h11-13H,4-10H2,1-3H3. The Balaban J connectivity index is 2.34. The molecular weight excluding hydrogens is 172 g/mol. The summed E-state index contributed by atoms with van der Waals surface area (Å²) in [4.78, 5) is 2.68. The van der Waals surface area contributed by atoms with Crippen molar-refractivity contribution < 1.29 is 0 Å². The number of likely N-dealkylation sites (N-methyl/N-ethyl adjacent to an activating group) is 2. The van der Waals surface area contributed by atoms with E-state index in [9.17, 15) is 0 Å². The fraction of sp³-hybridized carbons (Fsp3) is 1.00. The molecule has 0 heterocycles. The first-order chi connectivity index (χ1) is 6.79. The molecule has 1 aliphatic rings. The van der Waals surface area contributed by atoms with Crippen molar-refractivity contribution in [2.24, 2.45) is 0 Å². The normalized spacial score (nSPS) is 20.6. The maximum atomic E-state index is 3.44. The van der Waals surface area contributed by atoms with Gasteiger partial charge in [-0.05, 0) is 32.9 Å². The minimum absolute atomic E-state index is 0.697. The first-order valence-corrected chi connectivity index (χ1v) is 6.26. The summed E-state index contributed by atoms with van der Waals surface area (Å²) in [5.74, 6) is 0. The summed E-state index contributed by atoms with van der Waals surface area (Å²) >= 11 is 0. The highest BCUT2D eigenvalue weighted by Crippen LogP contribution is 2.24. The molecule has 1 saturated carbocycles. The third-order valence-corrected chi connectivity index (χ3v) is 3.41. The van der Waals surface area contributed by atoms with Gasteiger partial charge in [-0.1, -0.05) is 26.7 Å². The molecule has 2 nitrogen and oxygen atoms in total. The van der Waals surface area contributed by atoms with E-state index in [1.165, 1.54) is 32.2 Å². The number of hydrogen-bond acceptors (Lipinski definition) is 2. The van der Waals surface area contributed by atoms with E-state index >= 15 is 0 Å². The molecule has 1 unspecified atom stereocenters. The molecule has 0 aromatic rings. The van der Waals surface area contributed by atoms with Crippen LogP contribution in [0.15, 0.2) is 0 Å². The summed E-state index contributed by atoms with van der Waals surface area (Å²) in [6, 6.07) is 1.57. The Labute approximate surface area is 89.1 Å². The van der Waals surface area contributed by atoms with Gasteiger partial charge in [0.1, 0.15) is 0 Å². The first-order valence-electron chi connectivity index (χ1n) is 6.26. The second-order valence-corrected chi connectivity index (χ2v) is 4.43. The third kappa shape index (κ3) is 3.25. The van der Waals surface area contributed by atoms with Crippen LogP contribution in [0.2, 0.25) is 0 Å². The van der Waals surface area contributed by atoms with Gasteiger partial charge in [0.25, 0.3) is 0 Å². The zero-order valence-corrected chi connectivity index (χ0v) is 10.1. The van der Waals surface area contributed by atoms with Crippen LogP contribution in [0.1, 0.15) is 46.5 Å². The maximum absolute atomic E-state index is 3.44. The van der Waals surface area contributed by atoms with Crippen LogP contribution in [0.3, 0.4) is 0 Å². The molecule has 0 amide bonds. The summed E-state index contributed by atoms with van der Waals surface area (Å²) in [6.45, 7) is 10.3. The van der Waals surface area contributed by atoms with Crippen molar-refractivity contribution in [3.05, 3.63) is 0 Å². The Kier molecular flexibility index (Phi) is 5.49. The molecule has 0 bridgehead atoms. The van der Waals surface area contributed by atoms with Crippen LogP contribution < -0.4 is 5.32 Å². The zero-order chi connectivity index (χ0) is 10.4. The molecule has 0 saturated heterocycles. The van der Waals surface area contributed by atoms with Gasteiger partial charge in [-0.3, -0.25) is 4.90 Å². The SMILES string of the molecule is CCNCC(C)N(CC)C1CCCC1. The van der Waals surface area contributed by atoms with E-state index in [0.717, 1.165) is 19.1 Å². The summed E-state index contributed by atoms with van der Waals surface area (Å²) in [5, 5.41) is 3.44. The Bertz CT molecular complexity index is 141. The predicted octanol–water partition coefficient (Wildman–Crippen LogP) is 2.25. The van der Waals surface area contributed by atoms with Gasteiger partial charge < -0.3 is 5.32 Å². The van der Waals surface area contributed by atoms with E-state index in [2.05, 4.69) is 31.0 Å². The van der Waals surface area contributed by atoms with E-state index in [1.807, 2.05) is 0 Å². The lowest BCUT2D eigenvalue weighted by Gasteiger charge is -2.33. The highest BCUT2D eigenvalue weighted by molar-refractivity contribution is 4.81. The van der Waals surface area contributed by atoms with Gasteiger partial charge in [0.2, 0.25) is 0 Å². The summed E-state index contributed by atoms with van der Waals surface area (Å²) in [7, 11) is 0. The van der Waals surface area contributed by atoms with Crippen LogP contribution in [0.4, 0.5) is 0 Å². The van der Waals surface area contributed by atoms with Gasteiger partial charge in [-0.25, -0.2) is 0 Å². The van der Waals surface area contributed by atoms with Crippen LogP contribution >= 0.6 is 0 Å². The average molecular weight is 198 g/mol. The summed E-state index contributed by atoms with van der Waals surface area (Å²) < 4.78 is 0. The minimum atomic E-state index is 0.697. The molecule has 0 aromatic heterocycles. The molecule has 1 N–H and O–H groups in total. The van der Waals surface area contributed by atoms with Crippen molar-refractivity contribution in [1.29, 1.82) is 0 Å². The van der Waals surface area contributed by atoms with Crippen LogP contribution in [0.5, 0.6) is 0 Å². The Morgan fingerprint density at radius 2 is 1.93 bits per heavy atom. The van der Waals surface area contributed by atoms with E-state index in [-0.39, 0.29) is 0 Å². The van der Waals surface area contributed by atoms with E-state index in [0.29, 0.717) is 6.04 Å². The van der Waals surface area contributed by atoms with Crippen molar-refractivity contribution in [2.75, 3.05) is 19.6 Å². The highest BCUT2D eigenvalue weighted by atomic mass is 15.2. The molecule has 1 atom stereocenters. The van der Waals surface area contributed by atoms with Crippen LogP contribution in [0, 0.1) is 0 Å². The van der Waals surface area contributed by atoms with Crippen LogP contribution in [-0.4, -0.2) is 36.6 Å². The van der Waals surface area contributed by atoms with Crippen molar-refractivity contribution in [2.45, 2.75) is 58.5 Å². The van der Waals surface area contributed by atoms with Gasteiger partial charge in [0, 0.05) is 18.6 Å². The monoisotopic (exact) mass is 198 g/mol. The van der Waals surface area contributed by atoms with E-state index < -0.39 is 0 Å². The van der Waals surface area contributed by atoms with Gasteiger partial charge in [0.15, 0.2) is 0 Å². The lowest BCUT2D eigenvalue weighted by Crippen LogP contribution is -2.45. The van der Waals surface area contributed by atoms with Crippen molar-refractivity contribution in [1.82, 2.24) is 10.2 Å². The van der Waals surface area contributed by atoms with Gasteiger partial charge in [0.05, 0.1) is 0 Å². The second kappa shape index (κ2) is 6.41. The first kappa shape index (κ1) is 12.0. The molecule has 0 radical (unpaired) electrons. The van der Waals surface area contributed by atoms with Crippen LogP contribution in [-0.2, 0) is 0 Å². The average Bonchev–Trinajstić information content (AvgIpc) is 2.69. The Morgan fingerprint density at radius 3 is 2.43 bits per heavy atom. The zero-order valence-electron chi connectivity index (χ0n) is 10.1. The van der Waals surface area contributed by atoms with Gasteiger partial charge >= 0.3 is 0 Å². The summed E-state index contributed by atoms with van der Waals surface area (Å²) in [5.41, 5.74) is 0. The fourth-order valence-electron chi connectivity index (χ4n) is 2.64. The van der Waals surface area contributed by atoms with Crippen molar-refractivity contribution >= 4 is 0 Å². The molecule has 14 heavy (non-hydrogen) atoms. The topological polar surface area (TPSA) is 15.3 Å². The largest absolute Gasteiger partial charge is 0.315 e. The molecule has 84 valence electrons. The quantitative estimate of drug-likeness (QED) is 0.704.